The maximum Gasteiger partial charge on any atom is 0.338 e. The summed E-state index contributed by atoms with van der Waals surface area (Å²) in [4.78, 5) is 15.5. The summed E-state index contributed by atoms with van der Waals surface area (Å²) in [6.45, 7) is 0.616. The van der Waals surface area contributed by atoms with Gasteiger partial charge in [0.05, 0.1) is 19.0 Å². The zero-order valence-corrected chi connectivity index (χ0v) is 8.96. The zero-order chi connectivity index (χ0) is 11.4. The van der Waals surface area contributed by atoms with E-state index in [1.807, 2.05) is 29.0 Å². The van der Waals surface area contributed by atoms with E-state index >= 15 is 0 Å². The van der Waals surface area contributed by atoms with Gasteiger partial charge in [0, 0.05) is 18.9 Å². The molecule has 2 aromatic rings. The Balaban J connectivity index is 2.30. The van der Waals surface area contributed by atoms with Gasteiger partial charge in [-0.15, -0.1) is 0 Å². The molecule has 82 valence electrons. The Morgan fingerprint density at radius 1 is 1.44 bits per heavy atom. The highest BCUT2D eigenvalue weighted by atomic mass is 16.5. The number of ether oxygens (including phenoxy) is 1. The molecule has 0 atom stereocenters. The fourth-order valence-electron chi connectivity index (χ4n) is 1.54. The monoisotopic (exact) mass is 216 g/mol. The molecular weight excluding hydrogens is 204 g/mol. The Bertz CT molecular complexity index is 478. The number of hydrogen-bond donors (Lipinski definition) is 0. The third-order valence-electron chi connectivity index (χ3n) is 2.33. The van der Waals surface area contributed by atoms with E-state index in [1.54, 1.807) is 18.6 Å². The molecule has 0 aliphatic heterocycles. The van der Waals surface area contributed by atoms with Crippen molar-refractivity contribution in [3.63, 3.8) is 0 Å². The molecule has 4 nitrogen and oxygen atoms in total. The molecule has 4 heteroatoms. The lowest BCUT2D eigenvalue weighted by Gasteiger charge is -2.07. The van der Waals surface area contributed by atoms with Crippen LogP contribution in [0.2, 0.25) is 0 Å². The van der Waals surface area contributed by atoms with Gasteiger partial charge in [0.15, 0.2) is 0 Å². The molecule has 0 amide bonds. The van der Waals surface area contributed by atoms with Crippen molar-refractivity contribution >= 4 is 5.97 Å². The van der Waals surface area contributed by atoms with E-state index in [9.17, 15) is 4.79 Å². The standard InChI is InChI=1S/C12H12N2O2/c1-16-12(15)11-5-3-2-4-10(11)8-14-7-6-13-9-14/h2-7,9H,8H2,1H3. The number of methoxy groups -OCH3 is 1. The lowest BCUT2D eigenvalue weighted by Crippen LogP contribution is -2.08. The summed E-state index contributed by atoms with van der Waals surface area (Å²) in [7, 11) is 1.39. The fraction of sp³-hybridized carbons (Fsp3) is 0.167. The molecule has 0 unspecified atom stereocenters. The first-order valence-electron chi connectivity index (χ1n) is 4.93. The van der Waals surface area contributed by atoms with Crippen molar-refractivity contribution in [3.8, 4) is 0 Å². The van der Waals surface area contributed by atoms with Gasteiger partial charge in [0.1, 0.15) is 0 Å². The number of nitrogens with zero attached hydrogens (tertiary/aromatic N) is 2. The topological polar surface area (TPSA) is 44.1 Å². The molecule has 0 spiro atoms. The highest BCUT2D eigenvalue weighted by molar-refractivity contribution is 5.90. The number of hydrogen-bond acceptors (Lipinski definition) is 3. The van der Waals surface area contributed by atoms with Crippen LogP contribution in [-0.4, -0.2) is 22.6 Å². The Morgan fingerprint density at radius 3 is 2.94 bits per heavy atom. The van der Waals surface area contributed by atoms with Gasteiger partial charge in [-0.1, -0.05) is 18.2 Å². The summed E-state index contributed by atoms with van der Waals surface area (Å²) in [5.41, 5.74) is 1.52. The van der Waals surface area contributed by atoms with Gasteiger partial charge >= 0.3 is 5.97 Å². The Kier molecular flexibility index (Phi) is 3.00. The molecular formula is C12H12N2O2. The molecule has 1 heterocycles. The number of benzene rings is 1. The average molecular weight is 216 g/mol. The lowest BCUT2D eigenvalue weighted by atomic mass is 10.1. The number of carbonyl (C=O) groups is 1. The first-order chi connectivity index (χ1) is 7.81. The molecule has 1 aromatic carbocycles. The maximum atomic E-state index is 11.5. The van der Waals surface area contributed by atoms with Crippen LogP contribution in [0.25, 0.3) is 0 Å². The molecule has 16 heavy (non-hydrogen) atoms. The highest BCUT2D eigenvalue weighted by Crippen LogP contribution is 2.11. The zero-order valence-electron chi connectivity index (χ0n) is 8.96. The number of rotatable bonds is 3. The van der Waals surface area contributed by atoms with Crippen molar-refractivity contribution in [3.05, 3.63) is 54.1 Å². The third kappa shape index (κ3) is 2.11. The summed E-state index contributed by atoms with van der Waals surface area (Å²) in [5, 5.41) is 0. The number of esters is 1. The van der Waals surface area contributed by atoms with Gasteiger partial charge < -0.3 is 9.30 Å². The van der Waals surface area contributed by atoms with Gasteiger partial charge in [-0.3, -0.25) is 0 Å². The molecule has 0 fully saturated rings. The maximum absolute atomic E-state index is 11.5. The Morgan fingerprint density at radius 2 is 2.25 bits per heavy atom. The second-order valence-electron chi connectivity index (χ2n) is 3.38. The van der Waals surface area contributed by atoms with E-state index in [1.165, 1.54) is 7.11 Å². The Labute approximate surface area is 93.5 Å². The summed E-state index contributed by atoms with van der Waals surface area (Å²) in [6.07, 6.45) is 5.28. The van der Waals surface area contributed by atoms with Crippen LogP contribution >= 0.6 is 0 Å². The van der Waals surface area contributed by atoms with Gasteiger partial charge in [-0.2, -0.15) is 0 Å². The predicted octanol–water partition coefficient (Wildman–Crippen LogP) is 1.72. The molecule has 1 aromatic heterocycles. The smallest absolute Gasteiger partial charge is 0.338 e. The van der Waals surface area contributed by atoms with E-state index in [0.29, 0.717) is 12.1 Å². The van der Waals surface area contributed by atoms with Crippen LogP contribution in [-0.2, 0) is 11.3 Å². The molecule has 0 radical (unpaired) electrons. The second kappa shape index (κ2) is 4.61. The van der Waals surface area contributed by atoms with Crippen LogP contribution in [0.15, 0.2) is 43.0 Å². The number of carbonyl (C=O) groups excluding carboxylic acids is 1. The van der Waals surface area contributed by atoms with Crippen molar-refractivity contribution in [1.29, 1.82) is 0 Å². The van der Waals surface area contributed by atoms with Crippen molar-refractivity contribution in [2.24, 2.45) is 0 Å². The summed E-state index contributed by atoms with van der Waals surface area (Å²) in [6, 6.07) is 7.40. The van der Waals surface area contributed by atoms with Gasteiger partial charge in [-0.05, 0) is 11.6 Å². The molecule has 0 N–H and O–H groups in total. The van der Waals surface area contributed by atoms with Gasteiger partial charge in [0.25, 0.3) is 0 Å². The third-order valence-corrected chi connectivity index (χ3v) is 2.33. The highest BCUT2D eigenvalue weighted by Gasteiger charge is 2.10. The normalized spacial score (nSPS) is 10.1. The number of imidazole rings is 1. The van der Waals surface area contributed by atoms with E-state index in [2.05, 4.69) is 4.98 Å². The molecule has 2 rings (SSSR count). The largest absolute Gasteiger partial charge is 0.465 e. The van der Waals surface area contributed by atoms with Crippen LogP contribution in [0.3, 0.4) is 0 Å². The second-order valence-corrected chi connectivity index (χ2v) is 3.38. The summed E-state index contributed by atoms with van der Waals surface area (Å²) >= 11 is 0. The van der Waals surface area contributed by atoms with Crippen molar-refractivity contribution in [2.45, 2.75) is 6.54 Å². The van der Waals surface area contributed by atoms with Crippen LogP contribution < -0.4 is 0 Å². The first-order valence-corrected chi connectivity index (χ1v) is 4.93. The SMILES string of the molecule is COC(=O)c1ccccc1Cn1ccnc1. The minimum atomic E-state index is -0.310. The van der Waals surface area contributed by atoms with Crippen LogP contribution in [0.4, 0.5) is 0 Å². The molecule has 0 aliphatic carbocycles. The van der Waals surface area contributed by atoms with Crippen molar-refractivity contribution in [1.82, 2.24) is 9.55 Å². The minimum absolute atomic E-state index is 0.310. The minimum Gasteiger partial charge on any atom is -0.465 e. The molecule has 0 bridgehead atoms. The van der Waals surface area contributed by atoms with Crippen LogP contribution in [0.5, 0.6) is 0 Å². The Hall–Kier alpha value is -2.10. The number of aromatic nitrogens is 2. The molecule has 0 aliphatic rings. The predicted molar refractivity (Wildman–Crippen MR) is 59.1 cm³/mol. The lowest BCUT2D eigenvalue weighted by molar-refractivity contribution is 0.0599. The van der Waals surface area contributed by atoms with E-state index in [4.69, 9.17) is 4.74 Å². The summed E-state index contributed by atoms with van der Waals surface area (Å²) < 4.78 is 6.64. The van der Waals surface area contributed by atoms with Crippen molar-refractivity contribution in [2.75, 3.05) is 7.11 Å². The van der Waals surface area contributed by atoms with E-state index in [-0.39, 0.29) is 5.97 Å². The van der Waals surface area contributed by atoms with E-state index < -0.39 is 0 Å². The van der Waals surface area contributed by atoms with Gasteiger partial charge in [-0.25, -0.2) is 9.78 Å². The molecule has 0 saturated carbocycles. The first kappa shape index (κ1) is 10.4. The van der Waals surface area contributed by atoms with E-state index in [0.717, 1.165) is 5.56 Å². The summed E-state index contributed by atoms with van der Waals surface area (Å²) in [5.74, 6) is -0.310. The average Bonchev–Trinajstić information content (AvgIpc) is 2.82. The van der Waals surface area contributed by atoms with Crippen molar-refractivity contribution < 1.29 is 9.53 Å². The van der Waals surface area contributed by atoms with Crippen LogP contribution in [0, 0.1) is 0 Å². The van der Waals surface area contributed by atoms with Crippen LogP contribution in [0.1, 0.15) is 15.9 Å². The molecule has 0 saturated heterocycles. The quantitative estimate of drug-likeness (QED) is 0.734. The fourth-order valence-corrected chi connectivity index (χ4v) is 1.54. The van der Waals surface area contributed by atoms with Gasteiger partial charge in [0.2, 0.25) is 0 Å².